The first-order valence-corrected chi connectivity index (χ1v) is 7.32. The molecule has 0 spiro atoms. The monoisotopic (exact) mass is 294 g/mol. The average Bonchev–Trinajstić information content (AvgIpc) is 2.47. The Labute approximate surface area is 116 Å². The molecule has 0 radical (unpaired) electrons. The highest BCUT2D eigenvalue weighted by Gasteiger charge is 2.15. The lowest BCUT2D eigenvalue weighted by Crippen LogP contribution is -2.24. The number of aliphatic hydroxyl groups is 1. The van der Waals surface area contributed by atoms with Crippen LogP contribution in [0.1, 0.15) is 17.0 Å². The number of rotatable bonds is 5. The fourth-order valence-electron chi connectivity index (χ4n) is 1.42. The van der Waals surface area contributed by atoms with Crippen molar-refractivity contribution in [2.24, 2.45) is 0 Å². The lowest BCUT2D eigenvalue weighted by atomic mass is 10.3. The van der Waals surface area contributed by atoms with E-state index in [1.54, 1.807) is 13.1 Å². The molecular weight excluding hydrogens is 280 g/mol. The van der Waals surface area contributed by atoms with Crippen molar-refractivity contribution in [3.63, 3.8) is 0 Å². The molecule has 20 heavy (non-hydrogen) atoms. The molecule has 0 aromatic carbocycles. The molecule has 0 unspecified atom stereocenters. The molecule has 0 atom stereocenters. The van der Waals surface area contributed by atoms with Crippen LogP contribution in [0.4, 0.5) is 0 Å². The van der Waals surface area contributed by atoms with Gasteiger partial charge in [0.1, 0.15) is 0 Å². The van der Waals surface area contributed by atoms with E-state index in [0.717, 1.165) is 5.69 Å². The third-order valence-electron chi connectivity index (χ3n) is 2.53. The Morgan fingerprint density at radius 3 is 2.50 bits per heavy atom. The standard InChI is InChI=1S/C12H14N4O3S/c1-9-4-14-11(6-13-9)7-16-20(18,19)12-3-2-10(8-17)5-15-12/h2-6,16-17H,7-8H2,1H3. The molecule has 0 fully saturated rings. The van der Waals surface area contributed by atoms with Gasteiger partial charge in [0.2, 0.25) is 0 Å². The highest BCUT2D eigenvalue weighted by molar-refractivity contribution is 7.89. The first-order valence-electron chi connectivity index (χ1n) is 5.84. The highest BCUT2D eigenvalue weighted by Crippen LogP contribution is 2.07. The largest absolute Gasteiger partial charge is 0.392 e. The van der Waals surface area contributed by atoms with Crippen molar-refractivity contribution in [1.29, 1.82) is 0 Å². The van der Waals surface area contributed by atoms with E-state index in [2.05, 4.69) is 19.7 Å². The van der Waals surface area contributed by atoms with Crippen molar-refractivity contribution in [2.75, 3.05) is 0 Å². The Hall–Kier alpha value is -1.90. The molecule has 2 rings (SSSR count). The first-order chi connectivity index (χ1) is 9.51. The van der Waals surface area contributed by atoms with Crippen LogP contribution in [0.3, 0.4) is 0 Å². The van der Waals surface area contributed by atoms with Crippen LogP contribution < -0.4 is 4.72 Å². The summed E-state index contributed by atoms with van der Waals surface area (Å²) in [6.45, 7) is 1.66. The molecule has 2 aromatic rings. The van der Waals surface area contributed by atoms with Gasteiger partial charge in [-0.3, -0.25) is 9.97 Å². The van der Waals surface area contributed by atoms with E-state index >= 15 is 0 Å². The maximum atomic E-state index is 12.0. The van der Waals surface area contributed by atoms with Gasteiger partial charge in [-0.2, -0.15) is 0 Å². The number of aryl methyl sites for hydroxylation is 1. The summed E-state index contributed by atoms with van der Waals surface area (Å²) >= 11 is 0. The molecule has 0 aliphatic heterocycles. The second kappa shape index (κ2) is 6.04. The zero-order valence-electron chi connectivity index (χ0n) is 10.8. The smallest absolute Gasteiger partial charge is 0.258 e. The number of nitrogens with zero attached hydrogens (tertiary/aromatic N) is 3. The van der Waals surface area contributed by atoms with Crippen LogP contribution in [0.5, 0.6) is 0 Å². The van der Waals surface area contributed by atoms with Crippen molar-refractivity contribution >= 4 is 10.0 Å². The van der Waals surface area contributed by atoms with Crippen molar-refractivity contribution in [2.45, 2.75) is 25.1 Å². The van der Waals surface area contributed by atoms with Crippen LogP contribution in [0.15, 0.2) is 35.7 Å². The van der Waals surface area contributed by atoms with Gasteiger partial charge in [-0.15, -0.1) is 0 Å². The predicted octanol–water partition coefficient (Wildman–Crippen LogP) is 0.151. The SMILES string of the molecule is Cc1cnc(CNS(=O)(=O)c2ccc(CO)cn2)cn1. The Kier molecular flexibility index (Phi) is 4.38. The molecule has 0 amide bonds. The van der Waals surface area contributed by atoms with E-state index in [1.807, 2.05) is 0 Å². The van der Waals surface area contributed by atoms with Crippen LogP contribution in [0.25, 0.3) is 0 Å². The van der Waals surface area contributed by atoms with Gasteiger partial charge in [0.05, 0.1) is 30.7 Å². The van der Waals surface area contributed by atoms with E-state index < -0.39 is 10.0 Å². The summed E-state index contributed by atoms with van der Waals surface area (Å²) in [5, 5.41) is 8.78. The Morgan fingerprint density at radius 2 is 1.95 bits per heavy atom. The quantitative estimate of drug-likeness (QED) is 0.813. The highest BCUT2D eigenvalue weighted by atomic mass is 32.2. The lowest BCUT2D eigenvalue weighted by Gasteiger charge is -2.06. The number of nitrogens with one attached hydrogen (secondary N) is 1. The van der Waals surface area contributed by atoms with Crippen molar-refractivity contribution in [1.82, 2.24) is 19.7 Å². The normalized spacial score (nSPS) is 11.5. The molecule has 0 bridgehead atoms. The van der Waals surface area contributed by atoms with Crippen LogP contribution in [-0.4, -0.2) is 28.5 Å². The Bertz CT molecular complexity index is 669. The third-order valence-corrected chi connectivity index (χ3v) is 3.85. The molecule has 0 aliphatic rings. The van der Waals surface area contributed by atoms with Gasteiger partial charge in [-0.25, -0.2) is 18.1 Å². The topological polar surface area (TPSA) is 105 Å². The van der Waals surface area contributed by atoms with E-state index in [9.17, 15) is 8.42 Å². The van der Waals surface area contributed by atoms with Crippen LogP contribution >= 0.6 is 0 Å². The van der Waals surface area contributed by atoms with Gasteiger partial charge in [-0.05, 0) is 18.6 Å². The Balaban J connectivity index is 2.08. The van der Waals surface area contributed by atoms with Gasteiger partial charge in [-0.1, -0.05) is 6.07 Å². The summed E-state index contributed by atoms with van der Waals surface area (Å²) in [5.74, 6) is 0. The second-order valence-corrected chi connectivity index (χ2v) is 5.85. The number of hydrogen-bond donors (Lipinski definition) is 2. The number of aromatic nitrogens is 3. The first kappa shape index (κ1) is 14.5. The summed E-state index contributed by atoms with van der Waals surface area (Å²) < 4.78 is 26.4. The molecule has 2 aromatic heterocycles. The molecular formula is C12H14N4O3S. The second-order valence-electron chi connectivity index (χ2n) is 4.14. The molecule has 0 aliphatic carbocycles. The minimum absolute atomic E-state index is 0.0407. The zero-order chi connectivity index (χ0) is 14.6. The maximum absolute atomic E-state index is 12.0. The summed E-state index contributed by atoms with van der Waals surface area (Å²) in [7, 11) is -3.70. The van der Waals surface area contributed by atoms with Crippen molar-refractivity contribution < 1.29 is 13.5 Å². The van der Waals surface area contributed by atoms with E-state index in [-0.39, 0.29) is 18.2 Å². The summed E-state index contributed by atoms with van der Waals surface area (Å²) in [6.07, 6.45) is 4.40. The minimum atomic E-state index is -3.70. The molecule has 7 nitrogen and oxygen atoms in total. The van der Waals surface area contributed by atoms with Gasteiger partial charge in [0, 0.05) is 12.4 Å². The lowest BCUT2D eigenvalue weighted by molar-refractivity contribution is 0.281. The summed E-state index contributed by atoms with van der Waals surface area (Å²) in [6, 6.07) is 2.85. The number of sulfonamides is 1. The predicted molar refractivity (Wildman–Crippen MR) is 71.0 cm³/mol. The zero-order valence-corrected chi connectivity index (χ0v) is 11.6. The van der Waals surface area contributed by atoms with Crippen LogP contribution in [-0.2, 0) is 23.2 Å². The molecule has 2 N–H and O–H groups in total. The van der Waals surface area contributed by atoms with Crippen molar-refractivity contribution in [3.05, 3.63) is 47.7 Å². The van der Waals surface area contributed by atoms with Gasteiger partial charge >= 0.3 is 0 Å². The third kappa shape index (κ3) is 3.56. The number of aliphatic hydroxyl groups excluding tert-OH is 1. The fraction of sp³-hybridized carbons (Fsp3) is 0.250. The van der Waals surface area contributed by atoms with Crippen molar-refractivity contribution in [3.8, 4) is 0 Å². The van der Waals surface area contributed by atoms with E-state index in [0.29, 0.717) is 11.3 Å². The van der Waals surface area contributed by atoms with Gasteiger partial charge in [0.25, 0.3) is 10.0 Å². The number of hydrogen-bond acceptors (Lipinski definition) is 6. The molecule has 8 heteroatoms. The number of pyridine rings is 1. The Morgan fingerprint density at radius 1 is 1.15 bits per heavy atom. The van der Waals surface area contributed by atoms with E-state index in [1.165, 1.54) is 24.5 Å². The van der Waals surface area contributed by atoms with Crippen LogP contribution in [0.2, 0.25) is 0 Å². The molecule has 0 saturated carbocycles. The average molecular weight is 294 g/mol. The van der Waals surface area contributed by atoms with Gasteiger partial charge in [0.15, 0.2) is 5.03 Å². The molecule has 0 saturated heterocycles. The maximum Gasteiger partial charge on any atom is 0.258 e. The fourth-order valence-corrected chi connectivity index (χ4v) is 2.34. The van der Waals surface area contributed by atoms with Crippen LogP contribution in [0, 0.1) is 6.92 Å². The van der Waals surface area contributed by atoms with Gasteiger partial charge < -0.3 is 5.11 Å². The molecule has 106 valence electrons. The minimum Gasteiger partial charge on any atom is -0.392 e. The summed E-state index contributed by atoms with van der Waals surface area (Å²) in [4.78, 5) is 11.9. The molecule has 2 heterocycles. The summed E-state index contributed by atoms with van der Waals surface area (Å²) in [5.41, 5.74) is 1.83. The van der Waals surface area contributed by atoms with E-state index in [4.69, 9.17) is 5.11 Å².